The molecule has 0 aliphatic carbocycles. The van der Waals surface area contributed by atoms with Crippen LogP contribution in [0.15, 0.2) is 82.8 Å². The monoisotopic (exact) mass is 521 g/mol. The molecule has 3 aromatic carbocycles. The predicted octanol–water partition coefficient (Wildman–Crippen LogP) is 4.78. The van der Waals surface area contributed by atoms with Crippen molar-refractivity contribution in [1.82, 2.24) is 4.41 Å². The zero-order valence-electron chi connectivity index (χ0n) is 18.0. The summed E-state index contributed by atoms with van der Waals surface area (Å²) in [5.74, 6) is -0.524. The molecule has 4 rings (SSSR count). The van der Waals surface area contributed by atoms with Crippen LogP contribution < -0.4 is 4.72 Å². The van der Waals surface area contributed by atoms with E-state index < -0.39 is 31.9 Å². The molecule has 178 valence electrons. The van der Waals surface area contributed by atoms with Gasteiger partial charge >= 0.3 is 0 Å². The molecule has 11 heteroatoms. The first-order chi connectivity index (χ1) is 16.1. The first-order valence-corrected chi connectivity index (χ1v) is 13.8. The van der Waals surface area contributed by atoms with Gasteiger partial charge in [0.2, 0.25) is 10.0 Å². The molecule has 0 spiro atoms. The van der Waals surface area contributed by atoms with Gasteiger partial charge in [0, 0.05) is 17.1 Å². The van der Waals surface area contributed by atoms with Crippen molar-refractivity contribution in [1.29, 1.82) is 0 Å². The fourth-order valence-electron chi connectivity index (χ4n) is 3.55. The number of benzene rings is 3. The van der Waals surface area contributed by atoms with Crippen molar-refractivity contribution >= 4 is 43.0 Å². The fraction of sp³-hybridized carbons (Fsp3) is 0.174. The topological polar surface area (TPSA) is 95.9 Å². The van der Waals surface area contributed by atoms with E-state index in [0.717, 1.165) is 4.41 Å². The van der Waals surface area contributed by atoms with Gasteiger partial charge in [0.05, 0.1) is 22.4 Å². The van der Waals surface area contributed by atoms with Crippen LogP contribution in [0.5, 0.6) is 0 Å². The van der Waals surface area contributed by atoms with E-state index in [9.17, 15) is 21.2 Å². The molecule has 0 bridgehead atoms. The minimum Gasteiger partial charge on any atom is -0.284 e. The van der Waals surface area contributed by atoms with Crippen LogP contribution in [0.25, 0.3) is 0 Å². The molecule has 0 radical (unpaired) electrons. The molecule has 1 N–H and O–H groups in total. The molecule has 1 atom stereocenters. The van der Waals surface area contributed by atoms with Gasteiger partial charge in [-0.3, -0.25) is 4.72 Å². The number of hydrazone groups is 1. The van der Waals surface area contributed by atoms with Gasteiger partial charge in [-0.15, -0.1) is 0 Å². The second-order valence-electron chi connectivity index (χ2n) is 7.64. The van der Waals surface area contributed by atoms with Crippen LogP contribution in [0.2, 0.25) is 5.02 Å². The molecule has 1 aliphatic rings. The molecular formula is C23H21ClFN3O4S2. The maximum Gasteiger partial charge on any atom is 0.279 e. The largest absolute Gasteiger partial charge is 0.284 e. The first kappa shape index (κ1) is 24.2. The molecule has 0 fully saturated rings. The standard InChI is InChI=1S/C23H21ClFN3O4S2/c1-2-33(29,30)27-20-5-3-4-17(14-20)22-15-23(16-6-10-19(25)11-7-16)28(26-22)34(31,32)21-12-8-18(24)9-13-21/h3-14,23,27H,2,15H2,1H3. The van der Waals surface area contributed by atoms with Crippen molar-refractivity contribution in [3.05, 3.63) is 94.8 Å². The highest BCUT2D eigenvalue weighted by Gasteiger charge is 2.37. The normalized spacial score (nSPS) is 16.4. The van der Waals surface area contributed by atoms with Crippen molar-refractivity contribution in [2.24, 2.45) is 5.10 Å². The van der Waals surface area contributed by atoms with E-state index in [1.165, 1.54) is 55.5 Å². The summed E-state index contributed by atoms with van der Waals surface area (Å²) < 4.78 is 67.9. The number of nitrogens with zero attached hydrogens (tertiary/aromatic N) is 2. The van der Waals surface area contributed by atoms with E-state index in [2.05, 4.69) is 9.82 Å². The summed E-state index contributed by atoms with van der Waals surface area (Å²) in [4.78, 5) is 0.0125. The highest BCUT2D eigenvalue weighted by atomic mass is 35.5. The predicted molar refractivity (Wildman–Crippen MR) is 130 cm³/mol. The van der Waals surface area contributed by atoms with E-state index >= 15 is 0 Å². The Morgan fingerprint density at radius 2 is 1.71 bits per heavy atom. The summed E-state index contributed by atoms with van der Waals surface area (Å²) in [6.45, 7) is 1.53. The summed E-state index contributed by atoms with van der Waals surface area (Å²) in [5.41, 5.74) is 1.93. The number of anilines is 1. The van der Waals surface area contributed by atoms with Crippen molar-refractivity contribution in [3.8, 4) is 0 Å². The van der Waals surface area contributed by atoms with E-state index in [-0.39, 0.29) is 17.1 Å². The van der Waals surface area contributed by atoms with Crippen molar-refractivity contribution in [3.63, 3.8) is 0 Å². The molecule has 0 saturated carbocycles. The van der Waals surface area contributed by atoms with Crippen LogP contribution in [0.4, 0.5) is 10.1 Å². The van der Waals surface area contributed by atoms with E-state index in [1.54, 1.807) is 24.3 Å². The molecule has 1 heterocycles. The smallest absolute Gasteiger partial charge is 0.279 e. The second kappa shape index (κ2) is 9.36. The summed E-state index contributed by atoms with van der Waals surface area (Å²) >= 11 is 5.91. The van der Waals surface area contributed by atoms with E-state index in [1.807, 2.05) is 0 Å². The van der Waals surface area contributed by atoms with Gasteiger partial charge in [-0.05, 0) is 66.6 Å². The van der Waals surface area contributed by atoms with Gasteiger partial charge in [0.1, 0.15) is 5.82 Å². The van der Waals surface area contributed by atoms with Crippen LogP contribution in [0.3, 0.4) is 0 Å². The number of sulfonamides is 2. The quantitative estimate of drug-likeness (QED) is 0.484. The lowest BCUT2D eigenvalue weighted by molar-refractivity contribution is 0.371. The summed E-state index contributed by atoms with van der Waals surface area (Å²) in [6, 6.07) is 17.2. The third-order valence-electron chi connectivity index (χ3n) is 5.33. The SMILES string of the molecule is CCS(=O)(=O)Nc1cccc(C2=NN(S(=O)(=O)c3ccc(Cl)cc3)C(c3ccc(F)cc3)C2)c1. The minimum atomic E-state index is -4.06. The molecular weight excluding hydrogens is 501 g/mol. The highest BCUT2D eigenvalue weighted by Crippen LogP contribution is 2.37. The third kappa shape index (κ3) is 5.08. The van der Waals surface area contributed by atoms with Crippen LogP contribution in [-0.2, 0) is 20.0 Å². The van der Waals surface area contributed by atoms with Gasteiger partial charge in [-0.25, -0.2) is 12.8 Å². The lowest BCUT2D eigenvalue weighted by Crippen LogP contribution is -2.27. The zero-order chi connectivity index (χ0) is 24.5. The Morgan fingerprint density at radius 3 is 2.35 bits per heavy atom. The van der Waals surface area contributed by atoms with Crippen LogP contribution in [-0.4, -0.2) is 32.7 Å². The molecule has 34 heavy (non-hydrogen) atoms. The zero-order valence-corrected chi connectivity index (χ0v) is 20.4. The number of rotatable bonds is 7. The minimum absolute atomic E-state index is 0.0125. The summed E-state index contributed by atoms with van der Waals surface area (Å²) in [6.07, 6.45) is 0.211. The van der Waals surface area contributed by atoms with E-state index in [0.29, 0.717) is 27.5 Å². The van der Waals surface area contributed by atoms with Gasteiger partial charge in [0.15, 0.2) is 0 Å². The number of hydrogen-bond acceptors (Lipinski definition) is 5. The fourth-order valence-corrected chi connectivity index (χ4v) is 5.74. The van der Waals surface area contributed by atoms with Crippen LogP contribution in [0.1, 0.15) is 30.5 Å². The van der Waals surface area contributed by atoms with E-state index in [4.69, 9.17) is 11.6 Å². The average Bonchev–Trinajstić information content (AvgIpc) is 3.26. The Kier molecular flexibility index (Phi) is 6.66. The second-order valence-corrected chi connectivity index (χ2v) is 11.9. The van der Waals surface area contributed by atoms with Gasteiger partial charge < -0.3 is 0 Å². The highest BCUT2D eigenvalue weighted by molar-refractivity contribution is 7.92. The molecule has 0 aromatic heterocycles. The van der Waals surface area contributed by atoms with Crippen molar-refractivity contribution in [2.75, 3.05) is 10.5 Å². The molecule has 7 nitrogen and oxygen atoms in total. The molecule has 0 amide bonds. The van der Waals surface area contributed by atoms with Crippen molar-refractivity contribution in [2.45, 2.75) is 24.3 Å². The number of nitrogens with one attached hydrogen (secondary N) is 1. The lowest BCUT2D eigenvalue weighted by atomic mass is 9.99. The third-order valence-corrected chi connectivity index (χ3v) is 8.59. The summed E-state index contributed by atoms with van der Waals surface area (Å²) in [7, 11) is -7.55. The number of halogens is 2. The Labute approximate surface area is 203 Å². The number of hydrogen-bond donors (Lipinski definition) is 1. The maximum absolute atomic E-state index is 13.5. The molecule has 0 saturated heterocycles. The Hall–Kier alpha value is -2.95. The van der Waals surface area contributed by atoms with Gasteiger partial charge in [-0.2, -0.15) is 17.9 Å². The molecule has 3 aromatic rings. The average molecular weight is 522 g/mol. The first-order valence-electron chi connectivity index (χ1n) is 10.3. The Morgan fingerprint density at radius 1 is 1.03 bits per heavy atom. The van der Waals surface area contributed by atoms with Gasteiger partial charge in [-0.1, -0.05) is 35.9 Å². The van der Waals surface area contributed by atoms with Gasteiger partial charge in [0.25, 0.3) is 10.0 Å². The van der Waals surface area contributed by atoms with Crippen LogP contribution >= 0.6 is 11.6 Å². The molecule has 1 unspecified atom stereocenters. The Bertz CT molecular complexity index is 1440. The van der Waals surface area contributed by atoms with Crippen LogP contribution in [0, 0.1) is 5.82 Å². The lowest BCUT2D eigenvalue weighted by Gasteiger charge is -2.23. The van der Waals surface area contributed by atoms with Crippen molar-refractivity contribution < 1.29 is 21.2 Å². The Balaban J connectivity index is 1.76. The maximum atomic E-state index is 13.5. The summed E-state index contributed by atoms with van der Waals surface area (Å²) in [5, 5.41) is 4.82. The molecule has 1 aliphatic heterocycles.